The number of carbonyl (C=O) groups is 2. The molecule has 2 N–H and O–H groups in total. The number of sulfonamides is 1. The lowest BCUT2D eigenvalue weighted by Gasteiger charge is -2.27. The molecule has 0 aliphatic carbocycles. The molecule has 2 aromatic carbocycles. The Kier molecular flexibility index (Phi) is 8.98. The predicted molar refractivity (Wildman–Crippen MR) is 150 cm³/mol. The molecule has 1 fully saturated rings. The van der Waals surface area contributed by atoms with Crippen LogP contribution in [0.2, 0.25) is 5.02 Å². The zero-order chi connectivity index (χ0) is 28.2. The average Bonchev–Trinajstić information content (AvgIpc) is 3.33. The monoisotopic (exact) mass is 577 g/mol. The van der Waals surface area contributed by atoms with Crippen molar-refractivity contribution in [3.05, 3.63) is 52.5 Å². The van der Waals surface area contributed by atoms with Gasteiger partial charge in [0.05, 0.1) is 37.3 Å². The van der Waals surface area contributed by atoms with Crippen LogP contribution in [-0.2, 0) is 19.6 Å². The highest BCUT2D eigenvalue weighted by Gasteiger charge is 2.36. The number of halogens is 1. The molecule has 210 valence electrons. The van der Waals surface area contributed by atoms with Crippen molar-refractivity contribution in [3.8, 4) is 5.75 Å². The number of hydrogen-bond acceptors (Lipinski definition) is 9. The van der Waals surface area contributed by atoms with Crippen LogP contribution in [0.1, 0.15) is 54.6 Å². The Hall–Kier alpha value is -3.35. The summed E-state index contributed by atoms with van der Waals surface area (Å²) >= 11 is 6.19. The number of amides is 1. The fourth-order valence-corrected chi connectivity index (χ4v) is 5.38. The maximum absolute atomic E-state index is 13.3. The molecule has 1 unspecified atom stereocenters. The minimum absolute atomic E-state index is 0.169. The van der Waals surface area contributed by atoms with Gasteiger partial charge >= 0.3 is 5.97 Å². The van der Waals surface area contributed by atoms with Gasteiger partial charge in [-0.25, -0.2) is 18.2 Å². The fraction of sp³-hybridized carbons (Fsp3) is 0.423. The van der Waals surface area contributed by atoms with Crippen molar-refractivity contribution in [3.63, 3.8) is 0 Å². The summed E-state index contributed by atoms with van der Waals surface area (Å²) < 4.78 is 37.7. The van der Waals surface area contributed by atoms with E-state index >= 15 is 0 Å². The van der Waals surface area contributed by atoms with Crippen LogP contribution in [-0.4, -0.2) is 64.1 Å². The van der Waals surface area contributed by atoms with E-state index in [1.165, 1.54) is 13.2 Å². The number of anilines is 2. The minimum Gasteiger partial charge on any atom is -0.494 e. The molecule has 0 bridgehead atoms. The number of hydrazine groups is 1. The fourth-order valence-electron chi connectivity index (χ4n) is 4.64. The molecule has 39 heavy (non-hydrogen) atoms. The average molecular weight is 578 g/mol. The third kappa shape index (κ3) is 7.00. The van der Waals surface area contributed by atoms with Gasteiger partial charge in [0.1, 0.15) is 17.1 Å². The van der Waals surface area contributed by atoms with E-state index in [9.17, 15) is 18.0 Å². The van der Waals surface area contributed by atoms with E-state index in [1.54, 1.807) is 42.3 Å². The first kappa shape index (κ1) is 28.7. The molecule has 13 heteroatoms. The van der Waals surface area contributed by atoms with Crippen molar-refractivity contribution in [2.24, 2.45) is 5.10 Å². The molecular formula is C26H32ClN5O6S. The van der Waals surface area contributed by atoms with E-state index in [4.69, 9.17) is 21.1 Å². The van der Waals surface area contributed by atoms with Crippen LogP contribution >= 0.6 is 11.6 Å². The van der Waals surface area contributed by atoms with Gasteiger partial charge in [0.15, 0.2) is 0 Å². The lowest BCUT2D eigenvalue weighted by atomic mass is 9.97. The van der Waals surface area contributed by atoms with Gasteiger partial charge in [0.25, 0.3) is 5.91 Å². The first-order valence-corrected chi connectivity index (χ1v) is 14.9. The highest BCUT2D eigenvalue weighted by Crippen LogP contribution is 2.43. The van der Waals surface area contributed by atoms with E-state index in [0.717, 1.165) is 38.6 Å². The van der Waals surface area contributed by atoms with Gasteiger partial charge in [0.2, 0.25) is 10.0 Å². The second kappa shape index (κ2) is 12.2. The van der Waals surface area contributed by atoms with Crippen LogP contribution in [0.3, 0.4) is 0 Å². The number of hydrazone groups is 1. The number of ether oxygens (including phenoxy) is 2. The molecule has 2 heterocycles. The summed E-state index contributed by atoms with van der Waals surface area (Å²) in [6, 6.07) is 9.05. The first-order chi connectivity index (χ1) is 18.6. The molecule has 0 aromatic heterocycles. The quantitative estimate of drug-likeness (QED) is 0.431. The van der Waals surface area contributed by atoms with E-state index < -0.39 is 22.0 Å². The molecule has 1 amide bonds. The van der Waals surface area contributed by atoms with E-state index in [2.05, 4.69) is 15.2 Å². The van der Waals surface area contributed by atoms with Gasteiger partial charge in [0, 0.05) is 36.2 Å². The number of esters is 1. The molecule has 1 saturated heterocycles. The Balaban J connectivity index is 1.77. The predicted octanol–water partition coefficient (Wildman–Crippen LogP) is 3.72. The highest BCUT2D eigenvalue weighted by molar-refractivity contribution is 7.92. The number of rotatable bonds is 9. The lowest BCUT2D eigenvalue weighted by Crippen LogP contribution is -2.47. The topological polar surface area (TPSA) is 130 Å². The van der Waals surface area contributed by atoms with Crippen molar-refractivity contribution >= 4 is 50.6 Å². The molecule has 2 aliphatic heterocycles. The Morgan fingerprint density at radius 3 is 2.54 bits per heavy atom. The molecule has 1 atom stereocenters. The summed E-state index contributed by atoms with van der Waals surface area (Å²) in [4.78, 5) is 25.7. The Morgan fingerprint density at radius 2 is 1.87 bits per heavy atom. The SMILES string of the molecule is CCOC(=O)c1ccc(C2CC(C(=O)NN3CCCCC3)=NN2c2ccc(Cl)cc2OC)c(NS(C)(=O)=O)c1. The standard InChI is InChI=1S/C26H32ClN5O6S/c1-4-38-26(34)17-8-10-19(20(14-17)30-39(3,35)36)23-16-21(25(33)29-31-12-6-5-7-13-31)28-32(23)22-11-9-18(27)15-24(22)37-2/h8-11,14-15,23,30H,4-7,12-13,16H2,1-3H3,(H,29,33). The number of hydrogen-bond donors (Lipinski definition) is 2. The molecule has 0 saturated carbocycles. The Morgan fingerprint density at radius 1 is 1.13 bits per heavy atom. The van der Waals surface area contributed by atoms with Crippen LogP contribution in [0, 0.1) is 0 Å². The van der Waals surface area contributed by atoms with Gasteiger partial charge in [-0.2, -0.15) is 5.10 Å². The molecule has 2 aromatic rings. The zero-order valence-corrected chi connectivity index (χ0v) is 23.6. The second-order valence-electron chi connectivity index (χ2n) is 9.31. The second-order valence-corrected chi connectivity index (χ2v) is 11.5. The summed E-state index contributed by atoms with van der Waals surface area (Å²) in [6.07, 6.45) is 4.31. The minimum atomic E-state index is -3.72. The van der Waals surface area contributed by atoms with Crippen LogP contribution < -0.4 is 19.9 Å². The third-order valence-corrected chi connectivity index (χ3v) is 7.22. The van der Waals surface area contributed by atoms with Crippen molar-refractivity contribution in [1.82, 2.24) is 10.4 Å². The number of methoxy groups -OCH3 is 1. The van der Waals surface area contributed by atoms with Gasteiger partial charge in [-0.1, -0.05) is 24.1 Å². The van der Waals surface area contributed by atoms with Crippen molar-refractivity contribution in [2.45, 2.75) is 38.6 Å². The molecule has 0 spiro atoms. The number of nitrogens with zero attached hydrogens (tertiary/aromatic N) is 3. The van der Waals surface area contributed by atoms with Gasteiger partial charge < -0.3 is 9.47 Å². The van der Waals surface area contributed by atoms with Gasteiger partial charge in [-0.3, -0.25) is 20.0 Å². The van der Waals surface area contributed by atoms with Crippen molar-refractivity contribution in [1.29, 1.82) is 0 Å². The molecular weight excluding hydrogens is 546 g/mol. The Labute approximate surface area is 233 Å². The first-order valence-electron chi connectivity index (χ1n) is 12.6. The van der Waals surface area contributed by atoms with E-state index in [0.29, 0.717) is 22.0 Å². The third-order valence-electron chi connectivity index (χ3n) is 6.40. The van der Waals surface area contributed by atoms with Crippen LogP contribution in [0.5, 0.6) is 5.75 Å². The molecule has 4 rings (SSSR count). The summed E-state index contributed by atoms with van der Waals surface area (Å²) in [7, 11) is -2.22. The number of carbonyl (C=O) groups excluding carboxylic acids is 2. The maximum Gasteiger partial charge on any atom is 0.338 e. The van der Waals surface area contributed by atoms with Crippen LogP contribution in [0.4, 0.5) is 11.4 Å². The smallest absolute Gasteiger partial charge is 0.338 e. The number of benzene rings is 2. The summed E-state index contributed by atoms with van der Waals surface area (Å²) in [5.74, 6) is -0.492. The van der Waals surface area contributed by atoms with E-state index in [1.807, 2.05) is 5.01 Å². The van der Waals surface area contributed by atoms with Gasteiger partial charge in [-0.05, 0) is 44.0 Å². The number of nitrogens with one attached hydrogen (secondary N) is 2. The normalized spacial score (nSPS) is 17.9. The lowest BCUT2D eigenvalue weighted by molar-refractivity contribution is -0.119. The highest BCUT2D eigenvalue weighted by atomic mass is 35.5. The molecule has 11 nitrogen and oxygen atoms in total. The molecule has 0 radical (unpaired) electrons. The summed E-state index contributed by atoms with van der Waals surface area (Å²) in [5.41, 5.74) is 4.62. The van der Waals surface area contributed by atoms with Crippen molar-refractivity contribution < 1.29 is 27.5 Å². The number of piperidine rings is 1. The summed E-state index contributed by atoms with van der Waals surface area (Å²) in [6.45, 7) is 3.38. The van der Waals surface area contributed by atoms with Gasteiger partial charge in [-0.15, -0.1) is 0 Å². The van der Waals surface area contributed by atoms with E-state index in [-0.39, 0.29) is 35.9 Å². The zero-order valence-electron chi connectivity index (χ0n) is 22.1. The van der Waals surface area contributed by atoms with Crippen LogP contribution in [0.25, 0.3) is 0 Å². The largest absolute Gasteiger partial charge is 0.494 e. The Bertz CT molecular complexity index is 1380. The molecule has 2 aliphatic rings. The van der Waals surface area contributed by atoms with Crippen LogP contribution in [0.15, 0.2) is 41.5 Å². The van der Waals surface area contributed by atoms with Crippen molar-refractivity contribution in [2.75, 3.05) is 42.8 Å². The summed E-state index contributed by atoms with van der Waals surface area (Å²) in [5, 5.41) is 8.63. The maximum atomic E-state index is 13.3.